The molecule has 0 spiro atoms. The van der Waals surface area contributed by atoms with E-state index in [4.69, 9.17) is 0 Å². The van der Waals surface area contributed by atoms with Crippen LogP contribution in [0.1, 0.15) is 224 Å². The van der Waals surface area contributed by atoms with Crippen LogP contribution in [0.25, 0.3) is 0 Å². The Bertz CT molecular complexity index is 3150. The van der Waals surface area contributed by atoms with Gasteiger partial charge in [-0.2, -0.15) is 0 Å². The standard InChI is InChI=1S/2C18H22O3.C18H24O2.C18H22O2/c1-18-9-8-11-10-4-6-15(19)17(21)13(10)3-2-12(11)14(18)5-7-16(18)20;1-18-7-6-11-12(14(18)4-5-17(18)21)3-2-10-8-15(19)16(20)9-13(10)11;2*1-18-9-8-14-13-5-3-12(19)10-11(13)2-4-15(14)16(18)6-7-17(18)20/h4,6,11-12,14,19,21H,2-3,5,7-9H2,1H3;8-9,11-12,14,19-20H,2-7H2,1H3;3,5,10,14-17,19-20H,2,4,6-9H2,1H3;3,5,10,14-16,19H,2,4,6-9H2,1H3. The smallest absolute Gasteiger partial charge is 0.160 e. The lowest BCUT2D eigenvalue weighted by Crippen LogP contribution is -2.43. The molecule has 82 heavy (non-hydrogen) atoms. The second kappa shape index (κ2) is 20.7. The minimum absolute atomic E-state index is 0.00904. The van der Waals surface area contributed by atoms with Gasteiger partial charge in [0, 0.05) is 41.1 Å². The van der Waals surface area contributed by atoms with Crippen molar-refractivity contribution in [1.29, 1.82) is 0 Å². The quantitative estimate of drug-likeness (QED) is 0.0834. The molecule has 0 bridgehead atoms. The number of ketones is 3. The third-order valence-corrected chi connectivity index (χ3v) is 26.2. The highest BCUT2D eigenvalue weighted by Crippen LogP contribution is 2.65. The van der Waals surface area contributed by atoms with Crippen molar-refractivity contribution in [3.05, 3.63) is 105 Å². The van der Waals surface area contributed by atoms with Gasteiger partial charge in [-0.25, -0.2) is 0 Å². The number of aliphatic hydroxyl groups is 1. The Labute approximate surface area is 485 Å². The molecule has 8 saturated carbocycles. The van der Waals surface area contributed by atoms with Gasteiger partial charge in [0.1, 0.15) is 28.8 Å². The van der Waals surface area contributed by atoms with Gasteiger partial charge >= 0.3 is 0 Å². The molecule has 12 aliphatic carbocycles. The van der Waals surface area contributed by atoms with E-state index in [0.29, 0.717) is 93.9 Å². The normalized spacial score (nSPS) is 39.3. The maximum absolute atomic E-state index is 12.3. The fraction of sp³-hybridized carbons (Fsp3) is 0.625. The van der Waals surface area contributed by atoms with Crippen LogP contribution >= 0.6 is 0 Å². The second-order valence-electron chi connectivity index (χ2n) is 29.4. The van der Waals surface area contributed by atoms with E-state index in [2.05, 4.69) is 39.8 Å². The van der Waals surface area contributed by atoms with Crippen LogP contribution in [0.3, 0.4) is 0 Å². The Balaban J connectivity index is 0.000000103. The van der Waals surface area contributed by atoms with Crippen LogP contribution in [0, 0.1) is 69.0 Å². The summed E-state index contributed by atoms with van der Waals surface area (Å²) in [6.45, 7) is 8.88. The first-order valence-corrected chi connectivity index (χ1v) is 32.2. The van der Waals surface area contributed by atoms with E-state index in [1.165, 1.54) is 64.6 Å². The number of rotatable bonds is 0. The molecule has 4 aromatic rings. The maximum atomic E-state index is 12.3. The number of benzene rings is 4. The van der Waals surface area contributed by atoms with Crippen LogP contribution < -0.4 is 0 Å². The van der Waals surface area contributed by atoms with Crippen LogP contribution in [-0.4, -0.2) is 59.2 Å². The van der Waals surface area contributed by atoms with Crippen molar-refractivity contribution in [2.75, 3.05) is 0 Å². The van der Waals surface area contributed by atoms with Crippen molar-refractivity contribution in [1.82, 2.24) is 0 Å². The fourth-order valence-electron chi connectivity index (χ4n) is 21.7. The molecule has 0 radical (unpaired) electrons. The largest absolute Gasteiger partial charge is 0.508 e. The SMILES string of the molecule is CC12CCC3c4cc(O)c(O)cc4CCC3C1CCC2=O.CC12CCC3c4ccc(O)c(O)c4CCC3C1CCC2=O.CC12CCC3c4ccc(O)cc4CCC3C1CCC2=O.CC12CCC3c4ccc(O)cc4CCC3C1CCC2O. The van der Waals surface area contributed by atoms with Crippen LogP contribution in [0.4, 0.5) is 0 Å². The number of phenolic OH excluding ortho intramolecular Hbond substituents is 6. The molecule has 10 nitrogen and oxygen atoms in total. The third kappa shape index (κ3) is 8.87. The molecule has 10 heteroatoms. The zero-order valence-electron chi connectivity index (χ0n) is 49.1. The van der Waals surface area contributed by atoms with Gasteiger partial charge in [-0.3, -0.25) is 14.4 Å². The number of aryl methyl sites for hydroxylation is 3. The van der Waals surface area contributed by atoms with E-state index in [9.17, 15) is 50.1 Å². The molecular formula is C72H90O10. The molecule has 438 valence electrons. The number of carbonyl (C=O) groups is 3. The van der Waals surface area contributed by atoms with Gasteiger partial charge in [-0.1, -0.05) is 45.9 Å². The van der Waals surface area contributed by atoms with Gasteiger partial charge < -0.3 is 35.7 Å². The lowest BCUT2D eigenvalue weighted by molar-refractivity contribution is -0.130. The Morgan fingerprint density at radius 2 is 0.768 bits per heavy atom. The number of hydrogen-bond donors (Lipinski definition) is 7. The number of Topliss-reactive ketones (excluding diaryl/α,β-unsaturated/α-hetero) is 3. The first kappa shape index (κ1) is 55.8. The van der Waals surface area contributed by atoms with Gasteiger partial charge in [-0.05, 0) is 293 Å². The van der Waals surface area contributed by atoms with Gasteiger partial charge in [0.15, 0.2) is 23.0 Å². The molecule has 4 aromatic carbocycles. The van der Waals surface area contributed by atoms with Crippen molar-refractivity contribution in [3.8, 4) is 34.5 Å². The Hall–Kier alpha value is -5.35. The lowest BCUT2D eigenvalue weighted by atomic mass is 9.55. The molecule has 16 rings (SSSR count). The number of aliphatic hydroxyl groups excluding tert-OH is 1. The van der Waals surface area contributed by atoms with Crippen LogP contribution in [-0.2, 0) is 40.1 Å². The second-order valence-corrected chi connectivity index (χ2v) is 29.4. The summed E-state index contributed by atoms with van der Waals surface area (Å²) in [6.07, 6.45) is 24.6. The van der Waals surface area contributed by atoms with Gasteiger partial charge in [0.2, 0.25) is 0 Å². The zero-order chi connectivity index (χ0) is 57.4. The molecular weight excluding hydrogens is 1020 g/mol. The molecule has 0 saturated heterocycles. The van der Waals surface area contributed by atoms with Crippen LogP contribution in [0.2, 0.25) is 0 Å². The summed E-state index contributed by atoms with van der Waals surface area (Å²) in [4.78, 5) is 36.8. The summed E-state index contributed by atoms with van der Waals surface area (Å²) in [5, 5.41) is 69.1. The molecule has 7 N–H and O–H groups in total. The maximum Gasteiger partial charge on any atom is 0.160 e. The molecule has 17 atom stereocenters. The first-order chi connectivity index (χ1) is 39.2. The highest BCUT2D eigenvalue weighted by molar-refractivity contribution is 5.88. The molecule has 17 unspecified atom stereocenters. The van der Waals surface area contributed by atoms with Gasteiger partial charge in [0.25, 0.3) is 0 Å². The summed E-state index contributed by atoms with van der Waals surface area (Å²) in [6, 6.07) is 19.0. The first-order valence-electron chi connectivity index (χ1n) is 32.2. The summed E-state index contributed by atoms with van der Waals surface area (Å²) >= 11 is 0. The summed E-state index contributed by atoms with van der Waals surface area (Å²) in [5.41, 5.74) is 10.1. The fourth-order valence-corrected chi connectivity index (χ4v) is 21.7. The highest BCUT2D eigenvalue weighted by Gasteiger charge is 2.58. The van der Waals surface area contributed by atoms with E-state index in [0.717, 1.165) is 140 Å². The van der Waals surface area contributed by atoms with E-state index in [1.54, 1.807) is 18.2 Å². The van der Waals surface area contributed by atoms with E-state index < -0.39 is 0 Å². The number of fused-ring (bicyclic) bond motifs is 20. The molecule has 0 amide bonds. The van der Waals surface area contributed by atoms with Crippen molar-refractivity contribution in [2.24, 2.45) is 69.0 Å². The van der Waals surface area contributed by atoms with E-state index >= 15 is 0 Å². The molecule has 0 heterocycles. The molecule has 0 aliphatic heterocycles. The predicted octanol–water partition coefficient (Wildman–Crippen LogP) is 14.5. The predicted molar refractivity (Wildman–Crippen MR) is 315 cm³/mol. The van der Waals surface area contributed by atoms with Gasteiger partial charge in [0.05, 0.1) is 6.10 Å². The average molecular weight is 1120 g/mol. The molecule has 12 aliphatic rings. The van der Waals surface area contributed by atoms with E-state index in [1.807, 2.05) is 30.3 Å². The molecule has 8 fully saturated rings. The minimum atomic E-state index is -0.0996. The number of carbonyl (C=O) groups excluding carboxylic acids is 3. The Morgan fingerprint density at radius 1 is 0.366 bits per heavy atom. The Kier molecular flexibility index (Phi) is 14.1. The third-order valence-electron chi connectivity index (χ3n) is 26.2. The highest BCUT2D eigenvalue weighted by atomic mass is 16.3. The molecule has 0 aromatic heterocycles. The van der Waals surface area contributed by atoms with E-state index in [-0.39, 0.29) is 50.8 Å². The number of aromatic hydroxyl groups is 6. The lowest BCUT2D eigenvalue weighted by Gasteiger charge is -2.50. The summed E-state index contributed by atoms with van der Waals surface area (Å²) < 4.78 is 0. The van der Waals surface area contributed by atoms with Crippen molar-refractivity contribution < 1.29 is 50.1 Å². The summed E-state index contributed by atoms with van der Waals surface area (Å²) in [7, 11) is 0. The number of phenols is 6. The van der Waals surface area contributed by atoms with Gasteiger partial charge in [-0.15, -0.1) is 0 Å². The van der Waals surface area contributed by atoms with Crippen molar-refractivity contribution >= 4 is 17.3 Å². The topological polar surface area (TPSA) is 193 Å². The zero-order valence-corrected chi connectivity index (χ0v) is 49.1. The Morgan fingerprint density at radius 3 is 1.27 bits per heavy atom. The minimum Gasteiger partial charge on any atom is -0.508 e. The monoisotopic (exact) mass is 1110 g/mol. The summed E-state index contributed by atoms with van der Waals surface area (Å²) in [5.74, 6) is 9.28. The van der Waals surface area contributed by atoms with Crippen molar-refractivity contribution in [3.63, 3.8) is 0 Å². The van der Waals surface area contributed by atoms with Crippen molar-refractivity contribution in [2.45, 2.75) is 212 Å². The average Bonchev–Trinajstić information content (AvgIpc) is 4.35. The van der Waals surface area contributed by atoms with Crippen LogP contribution in [0.15, 0.2) is 60.7 Å². The van der Waals surface area contributed by atoms with Crippen LogP contribution in [0.5, 0.6) is 34.5 Å². The number of hydrogen-bond acceptors (Lipinski definition) is 10.